The molecule has 2 aromatic carbocycles. The summed E-state index contributed by atoms with van der Waals surface area (Å²) in [6.07, 6.45) is 7.92. The molecule has 29 heavy (non-hydrogen) atoms. The van der Waals surface area contributed by atoms with Crippen molar-refractivity contribution in [1.82, 2.24) is 0 Å². The van der Waals surface area contributed by atoms with Gasteiger partial charge in [0, 0.05) is 17.5 Å². The predicted octanol–water partition coefficient (Wildman–Crippen LogP) is 6.04. The van der Waals surface area contributed by atoms with E-state index in [0.717, 1.165) is 40.8 Å². The van der Waals surface area contributed by atoms with E-state index in [1.807, 2.05) is 60.4 Å². The average molecular weight is 382 g/mol. The summed E-state index contributed by atoms with van der Waals surface area (Å²) in [5.74, 6) is 6.85. The number of rotatable bonds is 7. The van der Waals surface area contributed by atoms with Crippen LogP contribution in [0.25, 0.3) is 0 Å². The Kier molecular flexibility index (Phi) is 6.87. The molecule has 0 N–H and O–H groups in total. The number of para-hydroxylation sites is 1. The fourth-order valence-corrected chi connectivity index (χ4v) is 3.66. The van der Waals surface area contributed by atoms with Crippen LogP contribution < -0.4 is 4.90 Å². The molecular formula is C27H27NO. The fraction of sp³-hybridized carbons (Fsp3) is 0.222. The molecule has 1 aliphatic rings. The van der Waals surface area contributed by atoms with Crippen molar-refractivity contribution in [2.24, 2.45) is 5.92 Å². The molecule has 146 valence electrons. The molecule has 1 aliphatic heterocycles. The Morgan fingerprint density at radius 1 is 1.10 bits per heavy atom. The second-order valence-corrected chi connectivity index (χ2v) is 7.54. The van der Waals surface area contributed by atoms with E-state index in [0.29, 0.717) is 13.0 Å². The van der Waals surface area contributed by atoms with Gasteiger partial charge in [0.2, 0.25) is 5.91 Å². The lowest BCUT2D eigenvalue weighted by molar-refractivity contribution is -0.119. The van der Waals surface area contributed by atoms with Gasteiger partial charge in [-0.2, -0.15) is 0 Å². The van der Waals surface area contributed by atoms with Crippen molar-refractivity contribution >= 4 is 11.6 Å². The number of hydrogen-bond donors (Lipinski definition) is 0. The second kappa shape index (κ2) is 9.75. The Balaban J connectivity index is 1.92. The number of carbonyl (C=O) groups is 1. The first-order valence-corrected chi connectivity index (χ1v) is 9.99. The van der Waals surface area contributed by atoms with Crippen molar-refractivity contribution in [2.75, 3.05) is 4.90 Å². The molecular weight excluding hydrogens is 354 g/mol. The Bertz CT molecular complexity index is 1000. The van der Waals surface area contributed by atoms with Crippen LogP contribution in [0, 0.1) is 17.8 Å². The third-order valence-corrected chi connectivity index (χ3v) is 5.02. The normalized spacial score (nSPS) is 13.3. The molecule has 1 atom stereocenters. The van der Waals surface area contributed by atoms with Gasteiger partial charge in [-0.25, -0.2) is 0 Å². The summed E-state index contributed by atoms with van der Waals surface area (Å²) in [6.45, 7) is 10.3. The third kappa shape index (κ3) is 5.36. The number of fused-ring (bicyclic) bond motifs is 2. The van der Waals surface area contributed by atoms with Crippen LogP contribution in [0.4, 0.5) is 5.69 Å². The van der Waals surface area contributed by atoms with Crippen LogP contribution in [0.2, 0.25) is 0 Å². The molecule has 0 fully saturated rings. The van der Waals surface area contributed by atoms with Crippen molar-refractivity contribution in [3.63, 3.8) is 0 Å². The second-order valence-electron chi connectivity index (χ2n) is 7.54. The summed E-state index contributed by atoms with van der Waals surface area (Å²) in [6, 6.07) is 16.0. The molecule has 1 heterocycles. The lowest BCUT2D eigenvalue weighted by Gasteiger charge is -2.27. The van der Waals surface area contributed by atoms with Gasteiger partial charge in [-0.15, -0.1) is 6.58 Å². The van der Waals surface area contributed by atoms with Crippen molar-refractivity contribution < 1.29 is 4.79 Å². The van der Waals surface area contributed by atoms with Gasteiger partial charge in [-0.1, -0.05) is 72.6 Å². The number of carbonyl (C=O) groups excluding carboxylic acids is 1. The molecule has 0 saturated carbocycles. The Labute approximate surface area is 174 Å². The van der Waals surface area contributed by atoms with Crippen molar-refractivity contribution in [3.8, 4) is 11.8 Å². The molecule has 0 spiro atoms. The molecule has 1 amide bonds. The zero-order valence-electron chi connectivity index (χ0n) is 17.0. The van der Waals surface area contributed by atoms with Crippen LogP contribution in [-0.4, -0.2) is 5.91 Å². The minimum absolute atomic E-state index is 0.120. The molecule has 2 heteroatoms. The summed E-state index contributed by atoms with van der Waals surface area (Å²) in [5, 5.41) is 0. The van der Waals surface area contributed by atoms with E-state index < -0.39 is 0 Å². The van der Waals surface area contributed by atoms with Crippen LogP contribution in [0.1, 0.15) is 42.9 Å². The number of benzene rings is 2. The molecule has 0 aromatic heterocycles. The van der Waals surface area contributed by atoms with Gasteiger partial charge in [-0.3, -0.25) is 4.79 Å². The van der Waals surface area contributed by atoms with E-state index in [1.54, 1.807) is 6.08 Å². The first-order chi connectivity index (χ1) is 14.1. The Morgan fingerprint density at radius 3 is 2.55 bits per heavy atom. The molecule has 3 rings (SSSR count). The molecule has 0 aliphatic carbocycles. The highest BCUT2D eigenvalue weighted by Crippen LogP contribution is 2.28. The maximum atomic E-state index is 13.5. The Hall–Kier alpha value is -3.31. The van der Waals surface area contributed by atoms with Gasteiger partial charge < -0.3 is 4.90 Å². The van der Waals surface area contributed by atoms with E-state index in [2.05, 4.69) is 37.1 Å². The van der Waals surface area contributed by atoms with Gasteiger partial charge in [0.25, 0.3) is 0 Å². The first kappa shape index (κ1) is 20.4. The standard InChI is InChI=1S/C27H27NO/c1-4-5-6-11-22(18-21(2)3)19-27(29)28-20-25-14-8-7-12-23(25)16-17-24-13-9-10-15-26(24)28/h4-10,12-15,22H,1-2,11,18-20H2,3H3/b6-5-. The highest BCUT2D eigenvalue weighted by atomic mass is 16.2. The molecule has 2 nitrogen and oxygen atoms in total. The lowest BCUT2D eigenvalue weighted by Crippen LogP contribution is -2.33. The number of anilines is 1. The monoisotopic (exact) mass is 381 g/mol. The number of allylic oxidation sites excluding steroid dienone is 4. The van der Waals surface area contributed by atoms with Crippen molar-refractivity contribution in [2.45, 2.75) is 32.7 Å². The number of hydrogen-bond acceptors (Lipinski definition) is 1. The van der Waals surface area contributed by atoms with Gasteiger partial charge in [0.15, 0.2) is 0 Å². The van der Waals surface area contributed by atoms with E-state index in [9.17, 15) is 4.79 Å². The third-order valence-electron chi connectivity index (χ3n) is 5.02. The largest absolute Gasteiger partial charge is 0.307 e. The summed E-state index contributed by atoms with van der Waals surface area (Å²) in [7, 11) is 0. The van der Waals surface area contributed by atoms with Crippen LogP contribution in [0.5, 0.6) is 0 Å². The van der Waals surface area contributed by atoms with Gasteiger partial charge in [-0.05, 0) is 49.4 Å². The summed E-state index contributed by atoms with van der Waals surface area (Å²) < 4.78 is 0. The molecule has 0 bridgehead atoms. The van der Waals surface area contributed by atoms with Crippen molar-refractivity contribution in [1.29, 1.82) is 0 Å². The van der Waals surface area contributed by atoms with Crippen LogP contribution in [0.3, 0.4) is 0 Å². The van der Waals surface area contributed by atoms with Crippen LogP contribution in [0.15, 0.2) is 85.5 Å². The minimum atomic E-state index is 0.120. The first-order valence-electron chi connectivity index (χ1n) is 9.99. The minimum Gasteiger partial charge on any atom is -0.307 e. The fourth-order valence-electron chi connectivity index (χ4n) is 3.66. The van der Waals surface area contributed by atoms with Crippen LogP contribution in [-0.2, 0) is 11.3 Å². The van der Waals surface area contributed by atoms with E-state index >= 15 is 0 Å². The SMILES string of the molecule is C=C/C=C\CC(CC(=C)C)CC(=O)N1Cc2ccccc2C#Cc2ccccc21. The number of amides is 1. The predicted molar refractivity (Wildman–Crippen MR) is 122 cm³/mol. The topological polar surface area (TPSA) is 20.3 Å². The molecule has 0 saturated heterocycles. The van der Waals surface area contributed by atoms with Gasteiger partial charge in [0.05, 0.1) is 12.2 Å². The Morgan fingerprint density at radius 2 is 1.79 bits per heavy atom. The average Bonchev–Trinajstić information content (AvgIpc) is 2.69. The quantitative estimate of drug-likeness (QED) is 0.325. The molecule has 1 unspecified atom stereocenters. The zero-order valence-corrected chi connectivity index (χ0v) is 17.0. The van der Waals surface area contributed by atoms with E-state index in [1.165, 1.54) is 0 Å². The summed E-state index contributed by atoms with van der Waals surface area (Å²) in [5.41, 5.74) is 4.92. The van der Waals surface area contributed by atoms with Crippen LogP contribution >= 0.6 is 0 Å². The van der Waals surface area contributed by atoms with E-state index in [-0.39, 0.29) is 11.8 Å². The zero-order chi connectivity index (χ0) is 20.6. The highest BCUT2D eigenvalue weighted by molar-refractivity contribution is 5.95. The molecule has 2 aromatic rings. The summed E-state index contributed by atoms with van der Waals surface area (Å²) >= 11 is 0. The maximum Gasteiger partial charge on any atom is 0.227 e. The summed E-state index contributed by atoms with van der Waals surface area (Å²) in [4.78, 5) is 15.4. The highest BCUT2D eigenvalue weighted by Gasteiger charge is 2.23. The van der Waals surface area contributed by atoms with Gasteiger partial charge >= 0.3 is 0 Å². The smallest absolute Gasteiger partial charge is 0.227 e. The maximum absolute atomic E-state index is 13.5. The molecule has 0 radical (unpaired) electrons. The number of nitrogens with zero attached hydrogens (tertiary/aromatic N) is 1. The van der Waals surface area contributed by atoms with Crippen molar-refractivity contribution in [3.05, 3.63) is 102 Å². The van der Waals surface area contributed by atoms with E-state index in [4.69, 9.17) is 0 Å². The van der Waals surface area contributed by atoms with Gasteiger partial charge in [0.1, 0.15) is 0 Å². The lowest BCUT2D eigenvalue weighted by atomic mass is 9.92.